The van der Waals surface area contributed by atoms with E-state index in [0.717, 1.165) is 16.8 Å². The van der Waals surface area contributed by atoms with Gasteiger partial charge in [0.25, 0.3) is 0 Å². The van der Waals surface area contributed by atoms with Crippen LogP contribution in [0.4, 0.5) is 5.69 Å². The molecule has 0 saturated heterocycles. The van der Waals surface area contributed by atoms with Crippen LogP contribution in [0.25, 0.3) is 0 Å². The van der Waals surface area contributed by atoms with E-state index in [1.165, 1.54) is 29.7 Å². The van der Waals surface area contributed by atoms with Crippen molar-refractivity contribution in [2.24, 2.45) is 0 Å². The summed E-state index contributed by atoms with van der Waals surface area (Å²) in [6.07, 6.45) is 3.65. The van der Waals surface area contributed by atoms with Gasteiger partial charge in [0.2, 0.25) is 0 Å². The SMILES string of the molecule is Cc1cc(NC2CCCc3sccc32)ccc1C#N. The van der Waals surface area contributed by atoms with Crippen LogP contribution < -0.4 is 5.32 Å². The summed E-state index contributed by atoms with van der Waals surface area (Å²) in [7, 11) is 0. The molecule has 3 rings (SSSR count). The minimum Gasteiger partial charge on any atom is -0.378 e. The van der Waals surface area contributed by atoms with E-state index in [-0.39, 0.29) is 0 Å². The number of hydrogen-bond acceptors (Lipinski definition) is 3. The molecule has 1 aromatic carbocycles. The highest BCUT2D eigenvalue weighted by Gasteiger charge is 2.20. The topological polar surface area (TPSA) is 35.8 Å². The predicted molar refractivity (Wildman–Crippen MR) is 79.5 cm³/mol. The van der Waals surface area contributed by atoms with Gasteiger partial charge in [0.1, 0.15) is 0 Å². The summed E-state index contributed by atoms with van der Waals surface area (Å²) in [6, 6.07) is 10.8. The lowest BCUT2D eigenvalue weighted by atomic mass is 9.93. The normalized spacial score (nSPS) is 17.6. The molecule has 1 N–H and O–H groups in total. The van der Waals surface area contributed by atoms with E-state index in [9.17, 15) is 0 Å². The van der Waals surface area contributed by atoms with Crippen molar-refractivity contribution in [2.45, 2.75) is 32.2 Å². The minimum absolute atomic E-state index is 0.419. The summed E-state index contributed by atoms with van der Waals surface area (Å²) in [6.45, 7) is 1.99. The molecule has 1 aliphatic carbocycles. The molecule has 1 heterocycles. The van der Waals surface area contributed by atoms with Gasteiger partial charge in [-0.1, -0.05) is 0 Å². The van der Waals surface area contributed by atoms with Crippen molar-refractivity contribution in [1.82, 2.24) is 0 Å². The van der Waals surface area contributed by atoms with Gasteiger partial charge in [-0.25, -0.2) is 0 Å². The summed E-state index contributed by atoms with van der Waals surface area (Å²) in [5, 5.41) is 14.8. The standard InChI is InChI=1S/C16H16N2S/c1-11-9-13(6-5-12(11)10-17)18-15-3-2-4-16-14(15)7-8-19-16/h5-9,15,18H,2-4H2,1H3. The molecule has 1 aliphatic rings. The highest BCUT2D eigenvalue weighted by atomic mass is 32.1. The molecule has 2 aromatic rings. The molecular formula is C16H16N2S. The van der Waals surface area contributed by atoms with E-state index < -0.39 is 0 Å². The lowest BCUT2D eigenvalue weighted by molar-refractivity contribution is 0.609. The van der Waals surface area contributed by atoms with Crippen LogP contribution in [0.5, 0.6) is 0 Å². The van der Waals surface area contributed by atoms with E-state index in [1.807, 2.05) is 30.4 Å². The Morgan fingerprint density at radius 1 is 1.37 bits per heavy atom. The maximum absolute atomic E-state index is 8.96. The second-order valence-electron chi connectivity index (χ2n) is 5.03. The number of nitriles is 1. The summed E-state index contributed by atoms with van der Waals surface area (Å²) in [4.78, 5) is 1.52. The molecule has 96 valence electrons. The monoisotopic (exact) mass is 268 g/mol. The van der Waals surface area contributed by atoms with Gasteiger partial charge in [0.05, 0.1) is 17.7 Å². The summed E-state index contributed by atoms with van der Waals surface area (Å²) in [5.74, 6) is 0. The fourth-order valence-corrected chi connectivity index (χ4v) is 3.70. The van der Waals surface area contributed by atoms with Gasteiger partial charge in [0, 0.05) is 10.6 Å². The van der Waals surface area contributed by atoms with Crippen molar-refractivity contribution in [3.05, 3.63) is 51.2 Å². The smallest absolute Gasteiger partial charge is 0.0994 e. The first kappa shape index (κ1) is 12.3. The van der Waals surface area contributed by atoms with Crippen LogP contribution in [0.3, 0.4) is 0 Å². The molecule has 0 amide bonds. The number of anilines is 1. The van der Waals surface area contributed by atoms with Gasteiger partial charge >= 0.3 is 0 Å². The summed E-state index contributed by atoms with van der Waals surface area (Å²) >= 11 is 1.87. The van der Waals surface area contributed by atoms with Crippen molar-refractivity contribution < 1.29 is 0 Å². The Kier molecular flexibility index (Phi) is 3.27. The third-order valence-corrected chi connectivity index (χ3v) is 4.74. The summed E-state index contributed by atoms with van der Waals surface area (Å²) < 4.78 is 0. The quantitative estimate of drug-likeness (QED) is 0.875. The zero-order chi connectivity index (χ0) is 13.2. The van der Waals surface area contributed by atoms with Gasteiger partial charge in [-0.05, 0) is 67.0 Å². The Morgan fingerprint density at radius 3 is 3.05 bits per heavy atom. The second kappa shape index (κ2) is 5.07. The van der Waals surface area contributed by atoms with E-state index in [4.69, 9.17) is 5.26 Å². The predicted octanol–water partition coefficient (Wildman–Crippen LogP) is 4.42. The number of fused-ring (bicyclic) bond motifs is 1. The molecule has 1 unspecified atom stereocenters. The first-order valence-corrected chi connectivity index (χ1v) is 7.49. The number of benzene rings is 1. The van der Waals surface area contributed by atoms with E-state index in [2.05, 4.69) is 28.9 Å². The van der Waals surface area contributed by atoms with Gasteiger partial charge in [-0.3, -0.25) is 0 Å². The van der Waals surface area contributed by atoms with Crippen molar-refractivity contribution in [1.29, 1.82) is 5.26 Å². The van der Waals surface area contributed by atoms with Crippen LogP contribution in [0.15, 0.2) is 29.6 Å². The minimum atomic E-state index is 0.419. The van der Waals surface area contributed by atoms with Crippen molar-refractivity contribution in [3.8, 4) is 6.07 Å². The fourth-order valence-electron chi connectivity index (χ4n) is 2.72. The molecule has 0 bridgehead atoms. The number of thiophene rings is 1. The molecule has 0 spiro atoms. The Morgan fingerprint density at radius 2 is 2.26 bits per heavy atom. The molecule has 0 saturated carbocycles. The maximum atomic E-state index is 8.96. The highest BCUT2D eigenvalue weighted by molar-refractivity contribution is 7.10. The van der Waals surface area contributed by atoms with E-state index >= 15 is 0 Å². The number of nitrogens with one attached hydrogen (secondary N) is 1. The first-order chi connectivity index (χ1) is 9.28. The zero-order valence-corrected chi connectivity index (χ0v) is 11.8. The molecule has 2 nitrogen and oxygen atoms in total. The fraction of sp³-hybridized carbons (Fsp3) is 0.312. The van der Waals surface area contributed by atoms with Gasteiger partial charge < -0.3 is 5.32 Å². The average Bonchev–Trinajstić information content (AvgIpc) is 2.88. The van der Waals surface area contributed by atoms with Crippen LogP contribution in [0.1, 0.15) is 40.5 Å². The molecule has 3 heteroatoms. The maximum Gasteiger partial charge on any atom is 0.0994 e. The van der Waals surface area contributed by atoms with Crippen LogP contribution in [-0.2, 0) is 6.42 Å². The largest absolute Gasteiger partial charge is 0.378 e. The molecule has 1 atom stereocenters. The van der Waals surface area contributed by atoms with Crippen LogP contribution in [0.2, 0.25) is 0 Å². The third-order valence-electron chi connectivity index (χ3n) is 3.74. The van der Waals surface area contributed by atoms with Gasteiger partial charge in [-0.15, -0.1) is 11.3 Å². The number of hydrogen-bond donors (Lipinski definition) is 1. The van der Waals surface area contributed by atoms with Crippen LogP contribution in [-0.4, -0.2) is 0 Å². The molecular weight excluding hydrogens is 252 g/mol. The lowest BCUT2D eigenvalue weighted by Crippen LogP contribution is -2.15. The van der Waals surface area contributed by atoms with E-state index in [1.54, 1.807) is 0 Å². The number of aryl methyl sites for hydroxylation is 2. The molecule has 0 aliphatic heterocycles. The molecule has 1 aromatic heterocycles. The Hall–Kier alpha value is -1.79. The van der Waals surface area contributed by atoms with Crippen LogP contribution in [0, 0.1) is 18.3 Å². The summed E-state index contributed by atoms with van der Waals surface area (Å²) in [5.41, 5.74) is 4.36. The van der Waals surface area contributed by atoms with Gasteiger partial charge in [-0.2, -0.15) is 5.26 Å². The first-order valence-electron chi connectivity index (χ1n) is 6.61. The third kappa shape index (κ3) is 2.36. The zero-order valence-electron chi connectivity index (χ0n) is 10.9. The highest BCUT2D eigenvalue weighted by Crippen LogP contribution is 2.35. The van der Waals surface area contributed by atoms with Gasteiger partial charge in [0.15, 0.2) is 0 Å². The number of nitrogens with zero attached hydrogens (tertiary/aromatic N) is 1. The van der Waals surface area contributed by atoms with Crippen molar-refractivity contribution in [2.75, 3.05) is 5.32 Å². The van der Waals surface area contributed by atoms with Crippen molar-refractivity contribution >= 4 is 17.0 Å². The lowest BCUT2D eigenvalue weighted by Gasteiger charge is -2.25. The Balaban J connectivity index is 1.84. The van der Waals surface area contributed by atoms with Crippen LogP contribution >= 0.6 is 11.3 Å². The number of rotatable bonds is 2. The molecule has 0 radical (unpaired) electrons. The Bertz CT molecular complexity index is 636. The van der Waals surface area contributed by atoms with Crippen molar-refractivity contribution in [3.63, 3.8) is 0 Å². The molecule has 19 heavy (non-hydrogen) atoms. The van der Waals surface area contributed by atoms with E-state index in [0.29, 0.717) is 6.04 Å². The molecule has 0 fully saturated rings. The second-order valence-corrected chi connectivity index (χ2v) is 6.03. The average molecular weight is 268 g/mol. The Labute approximate surface area is 117 Å².